The van der Waals surface area contributed by atoms with Crippen LogP contribution in [0.2, 0.25) is 0 Å². The average Bonchev–Trinajstić information content (AvgIpc) is 2.37. The molecular weight excluding hydrogens is 260 g/mol. The summed E-state index contributed by atoms with van der Waals surface area (Å²) in [5, 5.41) is -0.968. The number of sulfone groups is 1. The van der Waals surface area contributed by atoms with Crippen LogP contribution >= 0.6 is 0 Å². The maximum atomic E-state index is 12.2. The Morgan fingerprint density at radius 2 is 1.68 bits per heavy atom. The molecule has 0 aliphatic rings. The van der Waals surface area contributed by atoms with Crippen LogP contribution in [-0.4, -0.2) is 25.2 Å². The third-order valence-corrected chi connectivity index (χ3v) is 5.78. The van der Waals surface area contributed by atoms with E-state index < -0.39 is 15.1 Å². The molecule has 0 spiro atoms. The van der Waals surface area contributed by atoms with Gasteiger partial charge in [0.1, 0.15) is 5.25 Å². The van der Waals surface area contributed by atoms with Crippen LogP contribution < -0.4 is 0 Å². The molecule has 1 aromatic carbocycles. The first-order valence-corrected chi connectivity index (χ1v) is 8.32. The van der Waals surface area contributed by atoms with Crippen LogP contribution in [0, 0.1) is 12.8 Å². The predicted molar refractivity (Wildman–Crippen MR) is 78.2 cm³/mol. The molecule has 0 heterocycles. The highest BCUT2D eigenvalue weighted by Gasteiger charge is 2.29. The molecule has 0 amide bonds. The smallest absolute Gasteiger partial charge is 0.180 e. The second-order valence-electron chi connectivity index (χ2n) is 5.22. The van der Waals surface area contributed by atoms with Crippen molar-refractivity contribution < 1.29 is 13.2 Å². The van der Waals surface area contributed by atoms with Crippen molar-refractivity contribution in [2.24, 2.45) is 5.92 Å². The van der Waals surface area contributed by atoms with Gasteiger partial charge in [-0.1, -0.05) is 50.1 Å². The Bertz CT molecular complexity index is 529. The standard InChI is InChI=1S/C15H22O3S/c1-5-11(2)10-19(17,18)13(4)15(16)14-8-6-12(3)7-9-14/h6-9,11,13H,5,10H2,1-4H3. The van der Waals surface area contributed by atoms with E-state index in [9.17, 15) is 13.2 Å². The van der Waals surface area contributed by atoms with Gasteiger partial charge in [-0.2, -0.15) is 0 Å². The van der Waals surface area contributed by atoms with E-state index in [4.69, 9.17) is 0 Å². The van der Waals surface area contributed by atoms with Crippen LogP contribution in [0.1, 0.15) is 43.1 Å². The normalized spacial score (nSPS) is 14.9. The molecule has 3 nitrogen and oxygen atoms in total. The molecule has 0 aromatic heterocycles. The number of carbonyl (C=O) groups is 1. The molecule has 0 radical (unpaired) electrons. The van der Waals surface area contributed by atoms with Gasteiger partial charge in [0, 0.05) is 5.56 Å². The maximum absolute atomic E-state index is 12.2. The first-order valence-electron chi connectivity index (χ1n) is 6.60. The van der Waals surface area contributed by atoms with E-state index in [0.717, 1.165) is 12.0 Å². The van der Waals surface area contributed by atoms with Crippen molar-refractivity contribution in [1.29, 1.82) is 0 Å². The van der Waals surface area contributed by atoms with Crippen molar-refractivity contribution in [3.8, 4) is 0 Å². The Hall–Kier alpha value is -1.16. The molecule has 2 atom stereocenters. The number of hydrogen-bond donors (Lipinski definition) is 0. The quantitative estimate of drug-likeness (QED) is 0.754. The Labute approximate surface area is 116 Å². The van der Waals surface area contributed by atoms with Crippen LogP contribution in [-0.2, 0) is 9.84 Å². The lowest BCUT2D eigenvalue weighted by Gasteiger charge is -2.15. The summed E-state index contributed by atoms with van der Waals surface area (Å²) in [6.45, 7) is 7.25. The average molecular weight is 282 g/mol. The van der Waals surface area contributed by atoms with E-state index in [-0.39, 0.29) is 17.5 Å². The van der Waals surface area contributed by atoms with Crippen molar-refractivity contribution in [2.45, 2.75) is 39.4 Å². The molecule has 1 aromatic rings. The summed E-state index contributed by atoms with van der Waals surface area (Å²) in [5.74, 6) is -0.163. The van der Waals surface area contributed by atoms with Gasteiger partial charge in [-0.15, -0.1) is 0 Å². The molecule has 0 aliphatic heterocycles. The van der Waals surface area contributed by atoms with Crippen molar-refractivity contribution in [3.05, 3.63) is 35.4 Å². The fourth-order valence-corrected chi connectivity index (χ4v) is 3.55. The van der Waals surface area contributed by atoms with Crippen LogP contribution in [0.25, 0.3) is 0 Å². The first kappa shape index (κ1) is 15.9. The Morgan fingerprint density at radius 3 is 2.16 bits per heavy atom. The minimum atomic E-state index is -3.38. The number of benzene rings is 1. The topological polar surface area (TPSA) is 51.2 Å². The molecule has 1 rings (SSSR count). The first-order chi connectivity index (χ1) is 8.77. The third-order valence-electron chi connectivity index (χ3n) is 3.46. The summed E-state index contributed by atoms with van der Waals surface area (Å²) in [7, 11) is -3.38. The molecule has 0 bridgehead atoms. The fourth-order valence-electron chi connectivity index (χ4n) is 1.77. The summed E-state index contributed by atoms with van der Waals surface area (Å²) >= 11 is 0. The number of carbonyl (C=O) groups excluding carboxylic acids is 1. The van der Waals surface area contributed by atoms with Gasteiger partial charge in [0.25, 0.3) is 0 Å². The van der Waals surface area contributed by atoms with E-state index in [1.807, 2.05) is 32.9 Å². The largest absolute Gasteiger partial charge is 0.293 e. The van der Waals surface area contributed by atoms with E-state index in [2.05, 4.69) is 0 Å². The van der Waals surface area contributed by atoms with E-state index in [1.165, 1.54) is 6.92 Å². The lowest BCUT2D eigenvalue weighted by molar-refractivity contribution is 0.0991. The van der Waals surface area contributed by atoms with Crippen molar-refractivity contribution >= 4 is 15.6 Å². The highest BCUT2D eigenvalue weighted by Crippen LogP contribution is 2.15. The van der Waals surface area contributed by atoms with Gasteiger partial charge >= 0.3 is 0 Å². The molecule has 4 heteroatoms. The monoisotopic (exact) mass is 282 g/mol. The van der Waals surface area contributed by atoms with Gasteiger partial charge in [-0.25, -0.2) is 8.42 Å². The third kappa shape index (κ3) is 4.16. The molecule has 0 saturated heterocycles. The lowest BCUT2D eigenvalue weighted by Crippen LogP contribution is -2.31. The summed E-state index contributed by atoms with van der Waals surface area (Å²) in [6.07, 6.45) is 0.796. The zero-order valence-electron chi connectivity index (χ0n) is 12.0. The summed E-state index contributed by atoms with van der Waals surface area (Å²) in [5.41, 5.74) is 1.51. The van der Waals surface area contributed by atoms with Crippen molar-refractivity contribution in [1.82, 2.24) is 0 Å². The molecule has 0 N–H and O–H groups in total. The van der Waals surface area contributed by atoms with E-state index in [0.29, 0.717) is 5.56 Å². The predicted octanol–water partition coefficient (Wildman–Crippen LogP) is 3.03. The Morgan fingerprint density at radius 1 is 1.16 bits per heavy atom. The zero-order valence-corrected chi connectivity index (χ0v) is 12.8. The van der Waals surface area contributed by atoms with Gasteiger partial charge in [-0.05, 0) is 19.8 Å². The van der Waals surface area contributed by atoms with Gasteiger partial charge in [0.15, 0.2) is 15.6 Å². The number of Topliss-reactive ketones (excluding diaryl/α,β-unsaturated/α-hetero) is 1. The minimum absolute atomic E-state index is 0.0717. The highest BCUT2D eigenvalue weighted by molar-refractivity contribution is 7.92. The molecule has 0 aliphatic carbocycles. The molecule has 106 valence electrons. The summed E-state index contributed by atoms with van der Waals surface area (Å²) in [6, 6.07) is 7.02. The molecule has 0 fully saturated rings. The van der Waals surface area contributed by atoms with E-state index in [1.54, 1.807) is 12.1 Å². The minimum Gasteiger partial charge on any atom is -0.293 e. The van der Waals surface area contributed by atoms with Crippen LogP contribution in [0.15, 0.2) is 24.3 Å². The molecule has 19 heavy (non-hydrogen) atoms. The van der Waals surface area contributed by atoms with Crippen molar-refractivity contribution in [3.63, 3.8) is 0 Å². The fraction of sp³-hybridized carbons (Fsp3) is 0.533. The second kappa shape index (κ2) is 6.33. The molecule has 2 unspecified atom stereocenters. The number of hydrogen-bond acceptors (Lipinski definition) is 3. The van der Waals surface area contributed by atoms with Gasteiger partial charge < -0.3 is 0 Å². The van der Waals surface area contributed by atoms with Crippen molar-refractivity contribution in [2.75, 3.05) is 5.75 Å². The molecule has 0 saturated carbocycles. The van der Waals surface area contributed by atoms with Crippen LogP contribution in [0.4, 0.5) is 0 Å². The number of ketones is 1. The SMILES string of the molecule is CCC(C)CS(=O)(=O)C(C)C(=O)c1ccc(C)cc1. The number of rotatable bonds is 6. The highest BCUT2D eigenvalue weighted by atomic mass is 32.2. The van der Waals surface area contributed by atoms with Gasteiger partial charge in [-0.3, -0.25) is 4.79 Å². The van der Waals surface area contributed by atoms with Crippen LogP contribution in [0.3, 0.4) is 0 Å². The summed E-state index contributed by atoms with van der Waals surface area (Å²) < 4.78 is 24.3. The zero-order chi connectivity index (χ0) is 14.6. The lowest BCUT2D eigenvalue weighted by atomic mass is 10.1. The Balaban J connectivity index is 2.90. The summed E-state index contributed by atoms with van der Waals surface area (Å²) in [4.78, 5) is 12.2. The second-order valence-corrected chi connectivity index (χ2v) is 7.58. The number of aryl methyl sites for hydroxylation is 1. The maximum Gasteiger partial charge on any atom is 0.180 e. The van der Waals surface area contributed by atoms with E-state index >= 15 is 0 Å². The Kier molecular flexibility index (Phi) is 5.29. The van der Waals surface area contributed by atoms with Gasteiger partial charge in [0.05, 0.1) is 5.75 Å². The van der Waals surface area contributed by atoms with Crippen LogP contribution in [0.5, 0.6) is 0 Å². The van der Waals surface area contributed by atoms with Gasteiger partial charge in [0.2, 0.25) is 0 Å². The molecular formula is C15H22O3S.